The summed E-state index contributed by atoms with van der Waals surface area (Å²) in [6, 6.07) is 0.786. The number of ether oxygens (including phenoxy) is 3. The van der Waals surface area contributed by atoms with Gasteiger partial charge in [0.25, 0.3) is 0 Å². The van der Waals surface area contributed by atoms with Gasteiger partial charge < -0.3 is 24.0 Å². The maximum Gasteiger partial charge on any atom is 0.410 e. The number of carbonyl (C=O) groups is 2. The summed E-state index contributed by atoms with van der Waals surface area (Å²) in [5.41, 5.74) is 0. The van der Waals surface area contributed by atoms with E-state index in [1.807, 2.05) is 11.8 Å². The average molecular weight is 381 g/mol. The van der Waals surface area contributed by atoms with Crippen LogP contribution in [0.5, 0.6) is 0 Å². The molecule has 0 N–H and O–H groups in total. The Balaban J connectivity index is 1.23. The maximum atomic E-state index is 12.3. The summed E-state index contributed by atoms with van der Waals surface area (Å²) in [5.74, 6) is 0.499. The highest BCUT2D eigenvalue weighted by Gasteiger charge is 2.48. The summed E-state index contributed by atoms with van der Waals surface area (Å²) in [6.45, 7) is 7.33. The lowest BCUT2D eigenvalue weighted by atomic mass is 9.74. The molecule has 3 unspecified atom stereocenters. The fourth-order valence-electron chi connectivity index (χ4n) is 4.92. The van der Waals surface area contributed by atoms with Gasteiger partial charge in [-0.2, -0.15) is 0 Å². The highest BCUT2D eigenvalue weighted by atomic mass is 16.6. The molecule has 1 saturated carbocycles. The topological polar surface area (TPSA) is 71.6 Å². The normalized spacial score (nSPS) is 32.0. The first kappa shape index (κ1) is 18.8. The third-order valence-corrected chi connectivity index (χ3v) is 6.40. The number of hydrogen-bond acceptors (Lipinski definition) is 6. The fraction of sp³-hybridized carbons (Fsp3) is 0.895. The lowest BCUT2D eigenvalue weighted by Gasteiger charge is -2.55. The maximum absolute atomic E-state index is 12.3. The van der Waals surface area contributed by atoms with Crippen LogP contribution in [0.2, 0.25) is 0 Å². The monoisotopic (exact) mass is 381 g/mol. The summed E-state index contributed by atoms with van der Waals surface area (Å²) in [6.07, 6.45) is 3.74. The Morgan fingerprint density at radius 2 is 1.93 bits per heavy atom. The van der Waals surface area contributed by atoms with Crippen molar-refractivity contribution in [3.05, 3.63) is 0 Å². The molecule has 0 radical (unpaired) electrons. The predicted molar refractivity (Wildman–Crippen MR) is 97.5 cm³/mol. The van der Waals surface area contributed by atoms with E-state index in [1.165, 1.54) is 6.42 Å². The largest absolute Gasteiger partial charge is 0.450 e. The van der Waals surface area contributed by atoms with E-state index in [9.17, 15) is 9.59 Å². The second-order valence-electron chi connectivity index (χ2n) is 8.06. The number of hydrogen-bond donors (Lipinski definition) is 0. The zero-order chi connectivity index (χ0) is 18.8. The van der Waals surface area contributed by atoms with E-state index < -0.39 is 0 Å². The SMILES string of the molecule is CCOC(=O)N1CC2CCC1CC2N1CC(OC(=O)N2CCCOCC2)C1. The molecule has 5 aliphatic rings. The van der Waals surface area contributed by atoms with E-state index in [4.69, 9.17) is 14.2 Å². The van der Waals surface area contributed by atoms with E-state index in [0.29, 0.717) is 44.9 Å². The Bertz CT molecular complexity index is 545. The van der Waals surface area contributed by atoms with Gasteiger partial charge in [-0.25, -0.2) is 9.59 Å². The van der Waals surface area contributed by atoms with E-state index in [-0.39, 0.29) is 24.3 Å². The van der Waals surface area contributed by atoms with Crippen LogP contribution in [0.1, 0.15) is 32.6 Å². The first-order valence-corrected chi connectivity index (χ1v) is 10.4. The van der Waals surface area contributed by atoms with Crippen LogP contribution in [0.3, 0.4) is 0 Å². The van der Waals surface area contributed by atoms with Crippen molar-refractivity contribution in [1.82, 2.24) is 14.7 Å². The van der Waals surface area contributed by atoms with Crippen LogP contribution in [0.15, 0.2) is 0 Å². The predicted octanol–water partition coefficient (Wildman–Crippen LogP) is 1.54. The second-order valence-corrected chi connectivity index (χ2v) is 8.06. The van der Waals surface area contributed by atoms with Gasteiger partial charge in [-0.05, 0) is 38.5 Å². The average Bonchev–Trinajstić information content (AvgIpc) is 2.94. The number of amides is 2. The molecule has 3 atom stereocenters. The number of piperidine rings is 2. The van der Waals surface area contributed by atoms with E-state index in [1.54, 1.807) is 4.90 Å². The van der Waals surface area contributed by atoms with Gasteiger partial charge in [0.05, 0.1) is 13.2 Å². The molecule has 27 heavy (non-hydrogen) atoms. The van der Waals surface area contributed by atoms with E-state index in [0.717, 1.165) is 38.9 Å². The Morgan fingerprint density at radius 1 is 1.07 bits per heavy atom. The zero-order valence-electron chi connectivity index (χ0n) is 16.2. The summed E-state index contributed by atoms with van der Waals surface area (Å²) in [5, 5.41) is 0. The Kier molecular flexibility index (Phi) is 5.73. The minimum absolute atomic E-state index is 0.0108. The van der Waals surface area contributed by atoms with E-state index in [2.05, 4.69) is 4.90 Å². The minimum atomic E-state index is -0.205. The van der Waals surface area contributed by atoms with Gasteiger partial charge in [-0.1, -0.05) is 0 Å². The lowest BCUT2D eigenvalue weighted by molar-refractivity contribution is -0.0928. The van der Waals surface area contributed by atoms with Crippen molar-refractivity contribution in [1.29, 1.82) is 0 Å². The van der Waals surface area contributed by atoms with Crippen molar-refractivity contribution in [3.8, 4) is 0 Å². The van der Waals surface area contributed by atoms with Crippen molar-refractivity contribution >= 4 is 12.2 Å². The van der Waals surface area contributed by atoms with Crippen molar-refractivity contribution in [2.75, 3.05) is 52.5 Å². The first-order chi connectivity index (χ1) is 13.2. The molecular weight excluding hydrogens is 350 g/mol. The third kappa shape index (κ3) is 4.01. The Labute approximate surface area is 160 Å². The van der Waals surface area contributed by atoms with Crippen LogP contribution in [0.25, 0.3) is 0 Å². The second kappa shape index (κ2) is 8.22. The number of carbonyl (C=O) groups excluding carboxylic acids is 2. The number of nitrogens with zero attached hydrogens (tertiary/aromatic N) is 3. The smallest absolute Gasteiger partial charge is 0.410 e. The quantitative estimate of drug-likeness (QED) is 0.739. The molecule has 1 aliphatic carbocycles. The van der Waals surface area contributed by atoms with Crippen LogP contribution in [0.4, 0.5) is 9.59 Å². The molecule has 0 aromatic rings. The van der Waals surface area contributed by atoms with Crippen LogP contribution in [-0.2, 0) is 14.2 Å². The fourth-order valence-corrected chi connectivity index (χ4v) is 4.92. The van der Waals surface area contributed by atoms with Crippen LogP contribution in [0, 0.1) is 5.92 Å². The number of fused-ring (bicyclic) bond motifs is 3. The third-order valence-electron chi connectivity index (χ3n) is 6.40. The summed E-state index contributed by atoms with van der Waals surface area (Å²) in [7, 11) is 0. The molecule has 4 heterocycles. The molecule has 152 valence electrons. The molecular formula is C19H31N3O5. The summed E-state index contributed by atoms with van der Waals surface area (Å²) in [4.78, 5) is 30.5. The molecule has 8 nitrogen and oxygen atoms in total. The number of rotatable bonds is 3. The number of likely N-dealkylation sites (tertiary alicyclic amines) is 1. The first-order valence-electron chi connectivity index (χ1n) is 10.4. The summed E-state index contributed by atoms with van der Waals surface area (Å²) < 4.78 is 16.3. The van der Waals surface area contributed by atoms with Crippen molar-refractivity contribution < 1.29 is 23.8 Å². The highest BCUT2D eigenvalue weighted by Crippen LogP contribution is 2.39. The van der Waals surface area contributed by atoms with Gasteiger partial charge in [-0.3, -0.25) is 4.90 Å². The standard InChI is InChI=1S/C19H31N3O5/c1-2-26-19(24)22-11-14-4-5-15(22)10-17(14)21-12-16(13-21)27-18(23)20-6-3-8-25-9-7-20/h14-17H,2-13H2,1H3. The Hall–Kier alpha value is -1.54. The van der Waals surface area contributed by atoms with Gasteiger partial charge in [0, 0.05) is 51.4 Å². The molecule has 4 aliphatic heterocycles. The van der Waals surface area contributed by atoms with E-state index >= 15 is 0 Å². The molecule has 5 rings (SSSR count). The molecule has 0 spiro atoms. The minimum Gasteiger partial charge on any atom is -0.450 e. The molecule has 8 heteroatoms. The van der Waals surface area contributed by atoms with Crippen molar-refractivity contribution in [2.24, 2.45) is 5.92 Å². The van der Waals surface area contributed by atoms with Gasteiger partial charge in [-0.15, -0.1) is 0 Å². The van der Waals surface area contributed by atoms with Gasteiger partial charge in [0.1, 0.15) is 6.10 Å². The molecule has 0 aromatic heterocycles. The van der Waals surface area contributed by atoms with Gasteiger partial charge >= 0.3 is 12.2 Å². The molecule has 4 saturated heterocycles. The van der Waals surface area contributed by atoms with Gasteiger partial charge in [0.15, 0.2) is 0 Å². The lowest BCUT2D eigenvalue weighted by Crippen LogP contribution is -2.66. The molecule has 2 bridgehead atoms. The highest BCUT2D eigenvalue weighted by molar-refractivity contribution is 5.68. The molecule has 5 fully saturated rings. The zero-order valence-corrected chi connectivity index (χ0v) is 16.2. The van der Waals surface area contributed by atoms with Gasteiger partial charge in [0.2, 0.25) is 0 Å². The van der Waals surface area contributed by atoms with Crippen LogP contribution >= 0.6 is 0 Å². The van der Waals surface area contributed by atoms with Crippen molar-refractivity contribution in [2.45, 2.75) is 50.8 Å². The van der Waals surface area contributed by atoms with Crippen LogP contribution < -0.4 is 0 Å². The molecule has 2 amide bonds. The molecule has 0 aromatic carbocycles. The van der Waals surface area contributed by atoms with Crippen LogP contribution in [-0.4, -0.2) is 97.6 Å². The summed E-state index contributed by atoms with van der Waals surface area (Å²) >= 11 is 0. The Morgan fingerprint density at radius 3 is 2.67 bits per heavy atom. The van der Waals surface area contributed by atoms with Crippen molar-refractivity contribution in [3.63, 3.8) is 0 Å².